The van der Waals surface area contributed by atoms with Crippen molar-refractivity contribution in [1.82, 2.24) is 14.3 Å². The number of nitrogens with zero attached hydrogens (tertiary/aromatic N) is 4. The van der Waals surface area contributed by atoms with Crippen LogP contribution in [0.25, 0.3) is 0 Å². The first kappa shape index (κ1) is 24.0. The first-order valence-electron chi connectivity index (χ1n) is 10.6. The van der Waals surface area contributed by atoms with Gasteiger partial charge in [0.15, 0.2) is 0 Å². The number of piperazine rings is 1. The van der Waals surface area contributed by atoms with Gasteiger partial charge in [-0.15, -0.1) is 0 Å². The average molecular weight is 493 g/mol. The van der Waals surface area contributed by atoms with E-state index >= 15 is 0 Å². The van der Waals surface area contributed by atoms with Gasteiger partial charge in [-0.1, -0.05) is 30.3 Å². The second-order valence-corrected chi connectivity index (χ2v) is 9.83. The molecule has 0 amide bonds. The Bertz CT molecular complexity index is 1230. The van der Waals surface area contributed by atoms with E-state index in [1.54, 1.807) is 13.0 Å². The Morgan fingerprint density at radius 2 is 1.59 bits per heavy atom. The Hall–Kier alpha value is -3.18. The molecule has 7 nitrogen and oxygen atoms in total. The van der Waals surface area contributed by atoms with Gasteiger partial charge in [-0.3, -0.25) is 0 Å². The molecule has 0 spiro atoms. The maximum absolute atomic E-state index is 12.8. The molecule has 3 aromatic rings. The molecule has 0 N–H and O–H groups in total. The summed E-state index contributed by atoms with van der Waals surface area (Å²) in [5.74, 6) is 1.85. The fourth-order valence-corrected chi connectivity index (χ4v) is 5.15. The van der Waals surface area contributed by atoms with Crippen molar-refractivity contribution >= 4 is 15.8 Å². The van der Waals surface area contributed by atoms with Crippen LogP contribution in [0.1, 0.15) is 17.0 Å². The van der Waals surface area contributed by atoms with Crippen molar-refractivity contribution in [2.75, 3.05) is 31.1 Å². The van der Waals surface area contributed by atoms with Gasteiger partial charge in [0.25, 0.3) is 0 Å². The largest absolute Gasteiger partial charge is 0.439 e. The van der Waals surface area contributed by atoms with Crippen LogP contribution >= 0.6 is 0 Å². The van der Waals surface area contributed by atoms with Crippen molar-refractivity contribution in [2.45, 2.75) is 18.9 Å². The lowest BCUT2D eigenvalue weighted by Gasteiger charge is -2.34. The van der Waals surface area contributed by atoms with Crippen LogP contribution in [-0.2, 0) is 22.0 Å². The Morgan fingerprint density at radius 1 is 0.941 bits per heavy atom. The van der Waals surface area contributed by atoms with Gasteiger partial charge in [0.2, 0.25) is 15.9 Å². The summed E-state index contributed by atoms with van der Waals surface area (Å²) in [6.45, 7) is 3.05. The molecule has 34 heavy (non-hydrogen) atoms. The lowest BCUT2D eigenvalue weighted by molar-refractivity contribution is -0.137. The summed E-state index contributed by atoms with van der Waals surface area (Å²) >= 11 is 0. The van der Waals surface area contributed by atoms with Gasteiger partial charge in [0, 0.05) is 32.2 Å². The standard InChI is InChI=1S/C23H23F3N4O3S/c1-17-27-21(15-22(28-17)33-20-5-3-2-4-6-20)29-11-13-30(14-12-29)34(31,32)16-18-7-9-19(10-8-18)23(24,25)26/h2-10,15H,11-14,16H2,1H3. The summed E-state index contributed by atoms with van der Waals surface area (Å²) in [7, 11) is -3.68. The number of halogens is 3. The Labute approximate surface area is 195 Å². The number of ether oxygens (including phenoxy) is 1. The Kier molecular flexibility index (Phi) is 6.76. The average Bonchev–Trinajstić information content (AvgIpc) is 2.79. The van der Waals surface area contributed by atoms with Gasteiger partial charge in [-0.05, 0) is 36.8 Å². The molecule has 0 radical (unpaired) electrons. The molecule has 180 valence electrons. The van der Waals surface area contributed by atoms with Gasteiger partial charge in [-0.25, -0.2) is 13.4 Å². The number of anilines is 1. The molecular weight excluding hydrogens is 469 g/mol. The molecule has 1 aliphatic rings. The molecule has 0 unspecified atom stereocenters. The molecule has 0 bridgehead atoms. The smallest absolute Gasteiger partial charge is 0.416 e. The maximum Gasteiger partial charge on any atom is 0.416 e. The van der Waals surface area contributed by atoms with E-state index < -0.39 is 21.8 Å². The number of sulfonamides is 1. The van der Waals surface area contributed by atoms with Crippen LogP contribution in [0.5, 0.6) is 11.6 Å². The van der Waals surface area contributed by atoms with Crippen molar-refractivity contribution in [3.05, 3.63) is 77.6 Å². The van der Waals surface area contributed by atoms with Gasteiger partial charge in [0.1, 0.15) is 17.4 Å². The topological polar surface area (TPSA) is 75.6 Å². The molecule has 0 aliphatic carbocycles. The number of hydrogen-bond acceptors (Lipinski definition) is 6. The van der Waals surface area contributed by atoms with E-state index in [4.69, 9.17) is 4.74 Å². The van der Waals surface area contributed by atoms with Crippen molar-refractivity contribution in [3.63, 3.8) is 0 Å². The summed E-state index contributed by atoms with van der Waals surface area (Å²) in [6, 6.07) is 15.1. The summed E-state index contributed by atoms with van der Waals surface area (Å²) in [5.41, 5.74) is -0.498. The van der Waals surface area contributed by atoms with Crippen LogP contribution in [0.4, 0.5) is 19.0 Å². The number of aryl methyl sites for hydroxylation is 1. The second kappa shape index (κ2) is 9.59. The summed E-state index contributed by atoms with van der Waals surface area (Å²) < 4.78 is 71.0. The highest BCUT2D eigenvalue weighted by molar-refractivity contribution is 7.88. The first-order chi connectivity index (χ1) is 16.1. The maximum atomic E-state index is 12.8. The lowest BCUT2D eigenvalue weighted by atomic mass is 10.1. The molecule has 1 saturated heterocycles. The fourth-order valence-electron chi connectivity index (χ4n) is 3.64. The predicted octanol–water partition coefficient (Wildman–Crippen LogP) is 4.25. The zero-order valence-corrected chi connectivity index (χ0v) is 19.2. The third-order valence-corrected chi connectivity index (χ3v) is 7.20. The number of alkyl halides is 3. The molecule has 0 saturated carbocycles. The molecular formula is C23H23F3N4O3S. The normalized spacial score (nSPS) is 15.4. The second-order valence-electron chi connectivity index (χ2n) is 7.86. The third kappa shape index (κ3) is 5.84. The van der Waals surface area contributed by atoms with E-state index in [1.165, 1.54) is 16.4 Å². The molecule has 11 heteroatoms. The molecule has 1 fully saturated rings. The molecule has 1 aromatic heterocycles. The van der Waals surface area contributed by atoms with Gasteiger partial charge < -0.3 is 9.64 Å². The zero-order valence-electron chi connectivity index (χ0n) is 18.4. The van der Waals surface area contributed by atoms with Crippen LogP contribution in [0, 0.1) is 6.92 Å². The van der Waals surface area contributed by atoms with Crippen LogP contribution < -0.4 is 9.64 Å². The van der Waals surface area contributed by atoms with Crippen molar-refractivity contribution in [2.24, 2.45) is 0 Å². The summed E-state index contributed by atoms with van der Waals surface area (Å²) in [6.07, 6.45) is -4.46. The van der Waals surface area contributed by atoms with Gasteiger partial charge in [-0.2, -0.15) is 22.5 Å². The van der Waals surface area contributed by atoms with Crippen molar-refractivity contribution < 1.29 is 26.3 Å². The molecule has 2 heterocycles. The van der Waals surface area contributed by atoms with Crippen LogP contribution in [0.15, 0.2) is 60.7 Å². The SMILES string of the molecule is Cc1nc(Oc2ccccc2)cc(N2CCN(S(=O)(=O)Cc3ccc(C(F)(F)F)cc3)CC2)n1. The highest BCUT2D eigenvalue weighted by Crippen LogP contribution is 2.29. The highest BCUT2D eigenvalue weighted by Gasteiger charge is 2.31. The first-order valence-corrected chi connectivity index (χ1v) is 12.2. The van der Waals surface area contributed by atoms with Crippen LogP contribution in [0.3, 0.4) is 0 Å². The monoisotopic (exact) mass is 492 g/mol. The van der Waals surface area contributed by atoms with E-state index in [1.807, 2.05) is 35.2 Å². The van der Waals surface area contributed by atoms with E-state index in [-0.39, 0.29) is 18.8 Å². The van der Waals surface area contributed by atoms with Gasteiger partial charge in [0.05, 0.1) is 11.3 Å². The van der Waals surface area contributed by atoms with Crippen molar-refractivity contribution in [1.29, 1.82) is 0 Å². The fraction of sp³-hybridized carbons (Fsp3) is 0.304. The number of rotatable bonds is 6. The quantitative estimate of drug-likeness (QED) is 0.512. The molecule has 4 rings (SSSR count). The number of benzene rings is 2. The minimum atomic E-state index is -4.46. The molecule has 1 aliphatic heterocycles. The van der Waals surface area contributed by atoms with Crippen LogP contribution in [0.2, 0.25) is 0 Å². The minimum absolute atomic E-state index is 0.237. The zero-order chi connectivity index (χ0) is 24.3. The highest BCUT2D eigenvalue weighted by atomic mass is 32.2. The van der Waals surface area contributed by atoms with E-state index in [2.05, 4.69) is 9.97 Å². The lowest BCUT2D eigenvalue weighted by Crippen LogP contribution is -2.49. The summed E-state index contributed by atoms with van der Waals surface area (Å²) in [4.78, 5) is 10.7. The third-order valence-electron chi connectivity index (χ3n) is 5.35. The minimum Gasteiger partial charge on any atom is -0.439 e. The van der Waals surface area contributed by atoms with Gasteiger partial charge >= 0.3 is 6.18 Å². The Morgan fingerprint density at radius 3 is 2.21 bits per heavy atom. The number of aromatic nitrogens is 2. The predicted molar refractivity (Wildman–Crippen MR) is 121 cm³/mol. The number of hydrogen-bond donors (Lipinski definition) is 0. The summed E-state index contributed by atoms with van der Waals surface area (Å²) in [5, 5.41) is 0. The van der Waals surface area contributed by atoms with Crippen molar-refractivity contribution in [3.8, 4) is 11.6 Å². The van der Waals surface area contributed by atoms with E-state index in [0.717, 1.165) is 12.1 Å². The Balaban J connectivity index is 1.40. The van der Waals surface area contributed by atoms with E-state index in [9.17, 15) is 21.6 Å². The molecule has 2 aromatic carbocycles. The molecule has 0 atom stereocenters. The van der Waals surface area contributed by atoms with E-state index in [0.29, 0.717) is 41.9 Å². The van der Waals surface area contributed by atoms with Crippen LogP contribution in [-0.4, -0.2) is 48.9 Å². The number of para-hydroxylation sites is 1.